The number of hydrogen-bond donors (Lipinski definition) is 0. The molecule has 0 aromatic heterocycles. The Morgan fingerprint density at radius 2 is 1.50 bits per heavy atom. The molecule has 0 aliphatic heterocycles. The maximum absolute atomic E-state index is 3.23. The highest BCUT2D eigenvalue weighted by molar-refractivity contribution is 4.94. The van der Waals surface area contributed by atoms with Gasteiger partial charge in [-0.25, -0.2) is 0 Å². The molecule has 0 aromatic rings. The van der Waals surface area contributed by atoms with E-state index in [9.17, 15) is 0 Å². The molecule has 0 bridgehead atoms. The first kappa shape index (κ1) is 11.5. The van der Waals surface area contributed by atoms with E-state index in [0.717, 1.165) is 6.42 Å². The molecule has 0 saturated carbocycles. The fourth-order valence-corrected chi connectivity index (χ4v) is 0.674. The topological polar surface area (TPSA) is 0 Å². The lowest BCUT2D eigenvalue weighted by Crippen LogP contribution is -2.01. The molecular weight excluding hydrogens is 144 g/mol. The van der Waals surface area contributed by atoms with Crippen LogP contribution in [-0.4, -0.2) is 0 Å². The minimum Gasteiger partial charge on any atom is -0.129 e. The van der Waals surface area contributed by atoms with Gasteiger partial charge in [0.05, 0.1) is 0 Å². The highest BCUT2D eigenvalue weighted by Gasteiger charge is 2.06. The van der Waals surface area contributed by atoms with Crippen molar-refractivity contribution in [3.8, 4) is 0 Å². The van der Waals surface area contributed by atoms with E-state index in [2.05, 4.69) is 59.4 Å². The van der Waals surface area contributed by atoms with Gasteiger partial charge in [0.1, 0.15) is 0 Å². The molecule has 0 saturated heterocycles. The smallest absolute Gasteiger partial charge is 0.0127 e. The Hall–Kier alpha value is -0.480. The van der Waals surface area contributed by atoms with Crippen molar-refractivity contribution in [3.05, 3.63) is 17.9 Å². The van der Waals surface area contributed by atoms with E-state index in [4.69, 9.17) is 0 Å². The average Bonchev–Trinajstić information content (AvgIpc) is 1.76. The third-order valence-electron chi connectivity index (χ3n) is 1.35. The fourth-order valence-electron chi connectivity index (χ4n) is 0.674. The lowest BCUT2D eigenvalue weighted by atomic mass is 9.92. The monoisotopic (exact) mass is 166 g/mol. The summed E-state index contributed by atoms with van der Waals surface area (Å²) >= 11 is 0. The Kier molecular flexibility index (Phi) is 3.80. The van der Waals surface area contributed by atoms with Crippen molar-refractivity contribution < 1.29 is 0 Å². The Morgan fingerprint density at radius 1 is 1.00 bits per heavy atom. The zero-order valence-electron chi connectivity index (χ0n) is 9.36. The second-order valence-electron chi connectivity index (χ2n) is 5.65. The van der Waals surface area contributed by atoms with Gasteiger partial charge < -0.3 is 0 Å². The molecule has 0 rings (SSSR count). The summed E-state index contributed by atoms with van der Waals surface area (Å²) in [5, 5.41) is 0. The highest BCUT2D eigenvalue weighted by atomic mass is 14.1. The van der Waals surface area contributed by atoms with Crippen LogP contribution in [0.25, 0.3) is 0 Å². The molecule has 0 aliphatic carbocycles. The van der Waals surface area contributed by atoms with Crippen molar-refractivity contribution in [1.29, 1.82) is 0 Å². The van der Waals surface area contributed by atoms with Gasteiger partial charge in [-0.15, -0.1) is 5.73 Å². The Morgan fingerprint density at radius 3 is 1.83 bits per heavy atom. The van der Waals surface area contributed by atoms with Crippen molar-refractivity contribution in [1.82, 2.24) is 0 Å². The van der Waals surface area contributed by atoms with Gasteiger partial charge in [0.2, 0.25) is 0 Å². The van der Waals surface area contributed by atoms with Crippen LogP contribution in [0.15, 0.2) is 17.9 Å². The van der Waals surface area contributed by atoms with E-state index in [1.807, 2.05) is 0 Å². The van der Waals surface area contributed by atoms with Gasteiger partial charge in [0.15, 0.2) is 0 Å². The summed E-state index contributed by atoms with van der Waals surface area (Å²) < 4.78 is 0. The zero-order chi connectivity index (χ0) is 9.83. The quantitative estimate of drug-likeness (QED) is 0.513. The summed E-state index contributed by atoms with van der Waals surface area (Å²) in [6, 6.07) is 0. The molecule has 0 heterocycles. The molecular formula is C12H22. The van der Waals surface area contributed by atoms with Crippen molar-refractivity contribution >= 4 is 0 Å². The van der Waals surface area contributed by atoms with Crippen molar-refractivity contribution in [2.24, 2.45) is 10.8 Å². The maximum Gasteiger partial charge on any atom is -0.0127 e. The summed E-state index contributed by atoms with van der Waals surface area (Å²) in [7, 11) is 0. The standard InChI is InChI=1S/C12H22/c1-11(2,3)9-7-8-10-12(4,5)6/h7,10H,9H2,1-6H3. The van der Waals surface area contributed by atoms with Crippen LogP contribution < -0.4 is 0 Å². The van der Waals surface area contributed by atoms with Gasteiger partial charge in [0, 0.05) is 0 Å². The summed E-state index contributed by atoms with van der Waals surface area (Å²) in [5.74, 6) is 0. The van der Waals surface area contributed by atoms with Crippen LogP contribution in [0.3, 0.4) is 0 Å². The molecule has 0 spiro atoms. The second-order valence-corrected chi connectivity index (χ2v) is 5.65. The van der Waals surface area contributed by atoms with Crippen LogP contribution in [0.4, 0.5) is 0 Å². The zero-order valence-corrected chi connectivity index (χ0v) is 9.36. The predicted molar refractivity (Wildman–Crippen MR) is 56.2 cm³/mol. The molecule has 0 N–H and O–H groups in total. The molecule has 0 aliphatic rings. The molecule has 0 heteroatoms. The van der Waals surface area contributed by atoms with Crippen molar-refractivity contribution in [2.75, 3.05) is 0 Å². The van der Waals surface area contributed by atoms with Crippen LogP contribution in [0.5, 0.6) is 0 Å². The molecule has 0 unspecified atom stereocenters. The molecule has 0 radical (unpaired) electrons. The minimum atomic E-state index is 0.258. The SMILES string of the molecule is CC(C)(C)C=C=CCC(C)(C)C. The molecule has 0 atom stereocenters. The van der Waals surface area contributed by atoms with Crippen LogP contribution in [0.1, 0.15) is 48.0 Å². The largest absolute Gasteiger partial charge is 0.129 e. The first-order chi connectivity index (χ1) is 5.21. The van der Waals surface area contributed by atoms with Gasteiger partial charge in [-0.05, 0) is 29.4 Å². The van der Waals surface area contributed by atoms with Gasteiger partial charge in [-0.1, -0.05) is 41.5 Å². The predicted octanol–water partition coefficient (Wildman–Crippen LogP) is 4.18. The van der Waals surface area contributed by atoms with Crippen molar-refractivity contribution in [3.63, 3.8) is 0 Å². The number of allylic oxidation sites excluding steroid dienone is 1. The lowest BCUT2D eigenvalue weighted by molar-refractivity contribution is 0.420. The summed E-state index contributed by atoms with van der Waals surface area (Å²) in [5.41, 5.74) is 3.88. The highest BCUT2D eigenvalue weighted by Crippen LogP contribution is 2.19. The maximum atomic E-state index is 3.23. The van der Waals surface area contributed by atoms with E-state index >= 15 is 0 Å². The van der Waals surface area contributed by atoms with Gasteiger partial charge in [-0.3, -0.25) is 0 Å². The summed E-state index contributed by atoms with van der Waals surface area (Å²) in [6.45, 7) is 13.3. The Bertz CT molecular complexity index is 177. The molecule has 0 amide bonds. The number of rotatable bonds is 1. The lowest BCUT2D eigenvalue weighted by Gasteiger charge is -2.14. The van der Waals surface area contributed by atoms with E-state index in [1.54, 1.807) is 0 Å². The van der Waals surface area contributed by atoms with Crippen LogP contribution >= 0.6 is 0 Å². The van der Waals surface area contributed by atoms with E-state index in [1.165, 1.54) is 0 Å². The van der Waals surface area contributed by atoms with Crippen LogP contribution in [0, 0.1) is 10.8 Å². The van der Waals surface area contributed by atoms with E-state index < -0.39 is 0 Å². The third kappa shape index (κ3) is 9.52. The van der Waals surface area contributed by atoms with E-state index in [-0.39, 0.29) is 5.41 Å². The first-order valence-corrected chi connectivity index (χ1v) is 4.63. The van der Waals surface area contributed by atoms with Crippen LogP contribution in [0.2, 0.25) is 0 Å². The number of hydrogen-bond acceptors (Lipinski definition) is 0. The van der Waals surface area contributed by atoms with Crippen molar-refractivity contribution in [2.45, 2.75) is 48.0 Å². The van der Waals surface area contributed by atoms with Gasteiger partial charge in [0.25, 0.3) is 0 Å². The van der Waals surface area contributed by atoms with Gasteiger partial charge in [-0.2, -0.15) is 0 Å². The van der Waals surface area contributed by atoms with Crippen LogP contribution in [-0.2, 0) is 0 Å². The molecule has 0 nitrogen and oxygen atoms in total. The Labute approximate surface area is 77.4 Å². The Balaban J connectivity index is 4.01. The molecule has 70 valence electrons. The first-order valence-electron chi connectivity index (χ1n) is 4.63. The fraction of sp³-hybridized carbons (Fsp3) is 0.750. The molecule has 0 fully saturated rings. The third-order valence-corrected chi connectivity index (χ3v) is 1.35. The average molecular weight is 166 g/mol. The molecule has 12 heavy (non-hydrogen) atoms. The summed E-state index contributed by atoms with van der Waals surface area (Å²) in [6.07, 6.45) is 5.35. The second kappa shape index (κ2) is 3.96. The molecule has 0 aromatic carbocycles. The van der Waals surface area contributed by atoms with E-state index in [0.29, 0.717) is 5.41 Å². The van der Waals surface area contributed by atoms with Gasteiger partial charge >= 0.3 is 0 Å². The normalized spacial score (nSPS) is 12.2. The summed E-state index contributed by atoms with van der Waals surface area (Å²) in [4.78, 5) is 0. The minimum absolute atomic E-state index is 0.258.